The highest BCUT2D eigenvalue weighted by Gasteiger charge is 2.16. The van der Waals surface area contributed by atoms with Gasteiger partial charge in [0, 0.05) is 19.2 Å². The van der Waals surface area contributed by atoms with Crippen LogP contribution in [0.3, 0.4) is 0 Å². The van der Waals surface area contributed by atoms with Crippen molar-refractivity contribution in [3.05, 3.63) is 59.7 Å². The second-order valence-electron chi connectivity index (χ2n) is 5.18. The molecular formula is C17H20N2O5S. The van der Waals surface area contributed by atoms with Crippen molar-refractivity contribution in [2.24, 2.45) is 0 Å². The Labute approximate surface area is 147 Å². The summed E-state index contributed by atoms with van der Waals surface area (Å²) in [5.74, 6) is 0.338. The predicted molar refractivity (Wildman–Crippen MR) is 92.6 cm³/mol. The zero-order valence-electron chi connectivity index (χ0n) is 14.2. The number of carbonyl (C=O) groups excluding carboxylic acids is 1. The molecule has 0 radical (unpaired) electrons. The van der Waals surface area contributed by atoms with Crippen LogP contribution in [0.2, 0.25) is 0 Å². The van der Waals surface area contributed by atoms with Gasteiger partial charge in [-0.2, -0.15) is 0 Å². The molecular weight excluding hydrogens is 344 g/mol. The lowest BCUT2D eigenvalue weighted by molar-refractivity contribution is -0.0757. The molecule has 0 spiro atoms. The standard InChI is InChI=1S/C17H20N2O5S/c1-19(24-3)17(20)14-6-10-16(11-7-14)25(21,22)18-12-13-4-8-15(23-2)9-5-13/h4-11,18H,12H2,1-3H3. The fourth-order valence-corrected chi connectivity index (χ4v) is 3.06. The largest absolute Gasteiger partial charge is 0.497 e. The van der Waals surface area contributed by atoms with Crippen LogP contribution in [0.5, 0.6) is 5.75 Å². The van der Waals surface area contributed by atoms with Gasteiger partial charge in [-0.1, -0.05) is 12.1 Å². The van der Waals surface area contributed by atoms with Gasteiger partial charge >= 0.3 is 0 Å². The normalized spacial score (nSPS) is 11.2. The lowest BCUT2D eigenvalue weighted by Crippen LogP contribution is -2.26. The summed E-state index contributed by atoms with van der Waals surface area (Å²) in [4.78, 5) is 16.8. The van der Waals surface area contributed by atoms with E-state index >= 15 is 0 Å². The number of rotatable bonds is 7. The van der Waals surface area contributed by atoms with Crippen molar-refractivity contribution >= 4 is 15.9 Å². The SMILES string of the molecule is COc1ccc(CNS(=O)(=O)c2ccc(C(=O)N(C)OC)cc2)cc1. The number of hydrogen-bond acceptors (Lipinski definition) is 5. The van der Waals surface area contributed by atoms with E-state index in [2.05, 4.69) is 4.72 Å². The van der Waals surface area contributed by atoms with Gasteiger partial charge in [-0.3, -0.25) is 9.63 Å². The molecule has 0 unspecified atom stereocenters. The summed E-state index contributed by atoms with van der Waals surface area (Å²) < 4.78 is 32.3. The molecule has 0 atom stereocenters. The summed E-state index contributed by atoms with van der Waals surface area (Å²) in [5.41, 5.74) is 1.14. The van der Waals surface area contributed by atoms with Crippen LogP contribution < -0.4 is 9.46 Å². The van der Waals surface area contributed by atoms with Gasteiger partial charge in [0.05, 0.1) is 19.1 Å². The van der Waals surface area contributed by atoms with E-state index < -0.39 is 10.0 Å². The maximum absolute atomic E-state index is 12.3. The molecule has 134 valence electrons. The number of hydrogen-bond donors (Lipinski definition) is 1. The van der Waals surface area contributed by atoms with Gasteiger partial charge in [0.15, 0.2) is 0 Å². The number of nitrogens with zero attached hydrogens (tertiary/aromatic N) is 1. The molecule has 0 aliphatic carbocycles. The third-order valence-corrected chi connectivity index (χ3v) is 5.01. The van der Waals surface area contributed by atoms with E-state index in [0.717, 1.165) is 10.6 Å². The first-order valence-corrected chi connectivity index (χ1v) is 8.90. The summed E-state index contributed by atoms with van der Waals surface area (Å²) in [7, 11) is 0.737. The van der Waals surface area contributed by atoms with Gasteiger partial charge in [0.25, 0.3) is 5.91 Å². The van der Waals surface area contributed by atoms with Gasteiger partial charge < -0.3 is 4.74 Å². The highest BCUT2D eigenvalue weighted by molar-refractivity contribution is 7.89. The van der Waals surface area contributed by atoms with E-state index in [-0.39, 0.29) is 17.3 Å². The maximum Gasteiger partial charge on any atom is 0.277 e. The molecule has 0 aromatic heterocycles. The van der Waals surface area contributed by atoms with Gasteiger partial charge in [-0.15, -0.1) is 0 Å². The molecule has 25 heavy (non-hydrogen) atoms. The molecule has 0 saturated heterocycles. The van der Waals surface area contributed by atoms with Crippen molar-refractivity contribution in [1.82, 2.24) is 9.79 Å². The van der Waals surface area contributed by atoms with E-state index in [4.69, 9.17) is 9.57 Å². The quantitative estimate of drug-likeness (QED) is 0.758. The number of carbonyl (C=O) groups is 1. The second kappa shape index (κ2) is 8.11. The molecule has 1 amide bonds. The molecule has 0 aliphatic rings. The maximum atomic E-state index is 12.3. The van der Waals surface area contributed by atoms with Crippen molar-refractivity contribution < 1.29 is 22.8 Å². The number of sulfonamides is 1. The third kappa shape index (κ3) is 4.79. The first-order valence-electron chi connectivity index (χ1n) is 7.42. The molecule has 0 fully saturated rings. The van der Waals surface area contributed by atoms with Crippen LogP contribution in [-0.2, 0) is 21.4 Å². The monoisotopic (exact) mass is 364 g/mol. The first-order chi connectivity index (χ1) is 11.9. The third-order valence-electron chi connectivity index (χ3n) is 3.60. The summed E-state index contributed by atoms with van der Waals surface area (Å²) >= 11 is 0. The second-order valence-corrected chi connectivity index (χ2v) is 6.95. The van der Waals surface area contributed by atoms with Gasteiger partial charge in [-0.05, 0) is 42.0 Å². The van der Waals surface area contributed by atoms with Gasteiger partial charge in [-0.25, -0.2) is 18.2 Å². The molecule has 2 rings (SSSR count). The van der Waals surface area contributed by atoms with E-state index in [1.54, 1.807) is 31.4 Å². The first kappa shape index (κ1) is 18.9. The Hall–Kier alpha value is -2.42. The Morgan fingerprint density at radius 1 is 1.04 bits per heavy atom. The minimum absolute atomic E-state index is 0.0811. The Bertz CT molecular complexity index is 817. The lowest BCUT2D eigenvalue weighted by atomic mass is 10.2. The smallest absolute Gasteiger partial charge is 0.277 e. The van der Waals surface area contributed by atoms with Gasteiger partial charge in [0.2, 0.25) is 10.0 Å². The van der Waals surface area contributed by atoms with E-state index in [1.165, 1.54) is 38.4 Å². The zero-order valence-corrected chi connectivity index (χ0v) is 15.0. The molecule has 0 saturated carbocycles. The Balaban J connectivity index is 2.07. The average molecular weight is 364 g/mol. The molecule has 2 aromatic carbocycles. The van der Waals surface area contributed by atoms with Crippen LogP contribution in [0.25, 0.3) is 0 Å². The molecule has 7 nitrogen and oxygen atoms in total. The lowest BCUT2D eigenvalue weighted by Gasteiger charge is -2.13. The molecule has 1 N–H and O–H groups in total. The van der Waals surface area contributed by atoms with Crippen molar-refractivity contribution in [3.8, 4) is 5.75 Å². The molecule has 0 heterocycles. The van der Waals surface area contributed by atoms with Crippen molar-refractivity contribution in [2.75, 3.05) is 21.3 Å². The minimum atomic E-state index is -3.68. The summed E-state index contributed by atoms with van der Waals surface area (Å²) in [5, 5.41) is 1.06. The number of amides is 1. The van der Waals surface area contributed by atoms with Crippen molar-refractivity contribution in [1.29, 1.82) is 0 Å². The number of benzene rings is 2. The fourth-order valence-electron chi connectivity index (χ4n) is 2.05. The van der Waals surface area contributed by atoms with Crippen LogP contribution in [0.1, 0.15) is 15.9 Å². The highest BCUT2D eigenvalue weighted by Crippen LogP contribution is 2.14. The summed E-state index contributed by atoms with van der Waals surface area (Å²) in [6.07, 6.45) is 0. The number of nitrogens with one attached hydrogen (secondary N) is 1. The van der Waals surface area contributed by atoms with E-state index in [9.17, 15) is 13.2 Å². The molecule has 0 aliphatic heterocycles. The fraction of sp³-hybridized carbons (Fsp3) is 0.235. The zero-order chi connectivity index (χ0) is 18.4. The Kier molecular flexibility index (Phi) is 6.13. The average Bonchev–Trinajstić information content (AvgIpc) is 2.65. The van der Waals surface area contributed by atoms with Crippen LogP contribution in [0.15, 0.2) is 53.4 Å². The Morgan fingerprint density at radius 3 is 2.16 bits per heavy atom. The number of ether oxygens (including phenoxy) is 1. The van der Waals surface area contributed by atoms with Crippen LogP contribution in [-0.4, -0.2) is 40.7 Å². The number of hydroxylamine groups is 2. The van der Waals surface area contributed by atoms with Crippen LogP contribution in [0, 0.1) is 0 Å². The Morgan fingerprint density at radius 2 is 1.64 bits per heavy atom. The predicted octanol–water partition coefficient (Wildman–Crippen LogP) is 1.81. The van der Waals surface area contributed by atoms with Gasteiger partial charge in [0.1, 0.15) is 5.75 Å². The summed E-state index contributed by atoms with van der Waals surface area (Å²) in [6, 6.07) is 12.7. The minimum Gasteiger partial charge on any atom is -0.497 e. The molecule has 2 aromatic rings. The number of methoxy groups -OCH3 is 1. The summed E-state index contributed by atoms with van der Waals surface area (Å²) in [6.45, 7) is 0.152. The van der Waals surface area contributed by atoms with E-state index in [1.807, 2.05) is 0 Å². The van der Waals surface area contributed by atoms with Crippen LogP contribution >= 0.6 is 0 Å². The highest BCUT2D eigenvalue weighted by atomic mass is 32.2. The van der Waals surface area contributed by atoms with Crippen LogP contribution in [0.4, 0.5) is 0 Å². The molecule has 0 bridgehead atoms. The topological polar surface area (TPSA) is 84.9 Å². The molecule has 8 heteroatoms. The van der Waals surface area contributed by atoms with Crippen molar-refractivity contribution in [2.45, 2.75) is 11.4 Å². The van der Waals surface area contributed by atoms with E-state index in [0.29, 0.717) is 11.3 Å². The van der Waals surface area contributed by atoms with Crippen molar-refractivity contribution in [3.63, 3.8) is 0 Å².